The summed E-state index contributed by atoms with van der Waals surface area (Å²) in [5.41, 5.74) is 6.75. The van der Waals surface area contributed by atoms with Gasteiger partial charge in [0.05, 0.1) is 31.1 Å². The van der Waals surface area contributed by atoms with Gasteiger partial charge in [-0.2, -0.15) is 15.4 Å². The maximum Gasteiger partial charge on any atom is 0.245 e. The second-order valence-corrected chi connectivity index (χ2v) is 4.44. The molecule has 8 nitrogen and oxygen atoms in total. The van der Waals surface area contributed by atoms with Crippen molar-refractivity contribution in [2.45, 2.75) is 25.3 Å². The Hall–Kier alpha value is -1.51. The Kier molecular flexibility index (Phi) is 8.52. The first kappa shape index (κ1) is 16.5. The number of unbranched alkanes of at least 4 members (excludes halogenated alkanes) is 1. The predicted octanol–water partition coefficient (Wildman–Crippen LogP) is -0.766. The molecule has 0 aliphatic heterocycles. The molecular weight excluding hydrogens is 262 g/mol. The number of likely N-dealkylation sites (N-methyl/N-ethyl adjacent to an activating group) is 1. The van der Waals surface area contributed by atoms with Gasteiger partial charge in [0.2, 0.25) is 5.91 Å². The van der Waals surface area contributed by atoms with E-state index in [1.54, 1.807) is 13.2 Å². The fraction of sp³-hybridized carbons (Fsp3) is 0.750. The number of aromatic amines is 1. The molecule has 0 spiro atoms. The van der Waals surface area contributed by atoms with Crippen LogP contribution in [0.5, 0.6) is 0 Å². The third-order valence-electron chi connectivity index (χ3n) is 2.61. The van der Waals surface area contributed by atoms with E-state index in [1.807, 2.05) is 0 Å². The smallest absolute Gasteiger partial charge is 0.245 e. The highest BCUT2D eigenvalue weighted by Gasteiger charge is 2.05. The SMILES string of the molecule is CNC(=O)COCC(N)COCCCCc1cn[nH]n1. The minimum Gasteiger partial charge on any atom is -0.380 e. The van der Waals surface area contributed by atoms with Crippen LogP contribution in [0.4, 0.5) is 0 Å². The van der Waals surface area contributed by atoms with Crippen molar-refractivity contribution in [1.82, 2.24) is 20.7 Å². The molecule has 8 heteroatoms. The van der Waals surface area contributed by atoms with Crippen molar-refractivity contribution in [2.75, 3.05) is 33.5 Å². The molecule has 0 saturated carbocycles. The largest absolute Gasteiger partial charge is 0.380 e. The number of nitrogens with zero attached hydrogens (tertiary/aromatic N) is 2. The Morgan fingerprint density at radius 2 is 2.25 bits per heavy atom. The van der Waals surface area contributed by atoms with Crippen LogP contribution in [0.1, 0.15) is 18.5 Å². The fourth-order valence-corrected chi connectivity index (χ4v) is 1.51. The lowest BCUT2D eigenvalue weighted by molar-refractivity contribution is -0.125. The van der Waals surface area contributed by atoms with E-state index in [0.717, 1.165) is 25.0 Å². The maximum atomic E-state index is 10.9. The number of carbonyl (C=O) groups excluding carboxylic acids is 1. The number of aromatic nitrogens is 3. The zero-order valence-corrected chi connectivity index (χ0v) is 11.8. The summed E-state index contributed by atoms with van der Waals surface area (Å²) in [6.45, 7) is 1.42. The molecule has 0 saturated heterocycles. The van der Waals surface area contributed by atoms with Gasteiger partial charge in [-0.15, -0.1) is 0 Å². The summed E-state index contributed by atoms with van der Waals surface area (Å²) in [5, 5.41) is 12.8. The molecule has 1 atom stereocenters. The molecule has 20 heavy (non-hydrogen) atoms. The van der Waals surface area contributed by atoms with Crippen molar-refractivity contribution in [3.05, 3.63) is 11.9 Å². The van der Waals surface area contributed by atoms with Crippen LogP contribution in [0.3, 0.4) is 0 Å². The van der Waals surface area contributed by atoms with E-state index in [-0.39, 0.29) is 18.6 Å². The molecule has 1 heterocycles. The van der Waals surface area contributed by atoms with Crippen LogP contribution < -0.4 is 11.1 Å². The second-order valence-electron chi connectivity index (χ2n) is 4.44. The summed E-state index contributed by atoms with van der Waals surface area (Å²) >= 11 is 0. The van der Waals surface area contributed by atoms with E-state index >= 15 is 0 Å². The van der Waals surface area contributed by atoms with Crippen LogP contribution in [-0.4, -0.2) is 60.8 Å². The molecule has 0 bridgehead atoms. The first-order valence-corrected chi connectivity index (χ1v) is 6.68. The van der Waals surface area contributed by atoms with Gasteiger partial charge in [0.1, 0.15) is 6.61 Å². The van der Waals surface area contributed by atoms with Crippen LogP contribution in [0.25, 0.3) is 0 Å². The first-order chi connectivity index (χ1) is 9.72. The monoisotopic (exact) mass is 285 g/mol. The van der Waals surface area contributed by atoms with Gasteiger partial charge in [0, 0.05) is 13.7 Å². The second kappa shape index (κ2) is 10.3. The van der Waals surface area contributed by atoms with Gasteiger partial charge >= 0.3 is 0 Å². The van der Waals surface area contributed by atoms with E-state index in [0.29, 0.717) is 19.8 Å². The number of rotatable bonds is 11. The first-order valence-electron chi connectivity index (χ1n) is 6.68. The molecule has 0 radical (unpaired) electrons. The molecule has 114 valence electrons. The van der Waals surface area contributed by atoms with Gasteiger partial charge in [0.25, 0.3) is 0 Å². The number of amides is 1. The predicted molar refractivity (Wildman–Crippen MR) is 73.0 cm³/mol. The third-order valence-corrected chi connectivity index (χ3v) is 2.61. The van der Waals surface area contributed by atoms with Crippen molar-refractivity contribution >= 4 is 5.91 Å². The lowest BCUT2D eigenvalue weighted by Crippen LogP contribution is -2.33. The molecule has 0 aliphatic carbocycles. The molecule has 1 aromatic heterocycles. The van der Waals surface area contributed by atoms with Gasteiger partial charge in [-0.25, -0.2) is 0 Å². The fourth-order valence-electron chi connectivity index (χ4n) is 1.51. The van der Waals surface area contributed by atoms with Crippen molar-refractivity contribution in [2.24, 2.45) is 5.73 Å². The maximum absolute atomic E-state index is 10.9. The molecule has 0 aromatic carbocycles. The molecule has 1 rings (SSSR count). The molecule has 0 aliphatic rings. The van der Waals surface area contributed by atoms with E-state index in [1.165, 1.54) is 0 Å². The topological polar surface area (TPSA) is 115 Å². The lowest BCUT2D eigenvalue weighted by atomic mass is 10.2. The van der Waals surface area contributed by atoms with Crippen LogP contribution in [0, 0.1) is 0 Å². The molecular formula is C12H23N5O3. The molecule has 4 N–H and O–H groups in total. The van der Waals surface area contributed by atoms with E-state index < -0.39 is 0 Å². The number of H-pyrrole nitrogens is 1. The van der Waals surface area contributed by atoms with E-state index in [4.69, 9.17) is 15.2 Å². The minimum absolute atomic E-state index is 0.0297. The zero-order valence-electron chi connectivity index (χ0n) is 11.8. The highest BCUT2D eigenvalue weighted by Crippen LogP contribution is 1.99. The number of ether oxygens (including phenoxy) is 2. The molecule has 1 aromatic rings. The van der Waals surface area contributed by atoms with E-state index in [2.05, 4.69) is 20.7 Å². The van der Waals surface area contributed by atoms with Crippen LogP contribution in [0.2, 0.25) is 0 Å². The van der Waals surface area contributed by atoms with Gasteiger partial charge in [-0.05, 0) is 19.3 Å². The minimum atomic E-state index is -0.213. The van der Waals surface area contributed by atoms with Crippen molar-refractivity contribution in [3.8, 4) is 0 Å². The van der Waals surface area contributed by atoms with Crippen LogP contribution >= 0.6 is 0 Å². The van der Waals surface area contributed by atoms with Crippen LogP contribution in [-0.2, 0) is 20.7 Å². The standard InChI is InChI=1S/C12H23N5O3/c1-14-12(18)9-20-8-10(13)7-19-5-3-2-4-11-6-15-17-16-11/h6,10H,2-5,7-9,13H2,1H3,(H,14,18)(H,15,16,17). The molecule has 0 fully saturated rings. The molecule has 1 amide bonds. The summed E-state index contributed by atoms with van der Waals surface area (Å²) in [5.74, 6) is -0.161. The third kappa shape index (κ3) is 7.82. The summed E-state index contributed by atoms with van der Waals surface area (Å²) in [7, 11) is 1.56. The summed E-state index contributed by atoms with van der Waals surface area (Å²) < 4.78 is 10.6. The highest BCUT2D eigenvalue weighted by atomic mass is 16.5. The summed E-state index contributed by atoms with van der Waals surface area (Å²) in [4.78, 5) is 10.9. The van der Waals surface area contributed by atoms with Gasteiger partial charge < -0.3 is 20.5 Å². The Balaban J connectivity index is 1.88. The zero-order chi connectivity index (χ0) is 14.6. The Morgan fingerprint density at radius 1 is 1.45 bits per heavy atom. The number of aryl methyl sites for hydroxylation is 1. The number of carbonyl (C=O) groups is 1. The van der Waals surface area contributed by atoms with Crippen molar-refractivity contribution in [1.29, 1.82) is 0 Å². The average molecular weight is 285 g/mol. The van der Waals surface area contributed by atoms with Gasteiger partial charge in [-0.1, -0.05) is 0 Å². The number of nitrogens with one attached hydrogen (secondary N) is 2. The molecule has 1 unspecified atom stereocenters. The average Bonchev–Trinajstić information content (AvgIpc) is 2.95. The highest BCUT2D eigenvalue weighted by molar-refractivity contribution is 5.76. The number of hydrogen-bond acceptors (Lipinski definition) is 6. The van der Waals surface area contributed by atoms with Gasteiger partial charge in [0.15, 0.2) is 0 Å². The van der Waals surface area contributed by atoms with Gasteiger partial charge in [-0.3, -0.25) is 4.79 Å². The number of nitrogens with two attached hydrogens (primary N) is 1. The Labute approximate surface area is 118 Å². The van der Waals surface area contributed by atoms with E-state index in [9.17, 15) is 4.79 Å². The Bertz CT molecular complexity index is 358. The quantitative estimate of drug-likeness (QED) is 0.460. The Morgan fingerprint density at radius 3 is 2.95 bits per heavy atom. The lowest BCUT2D eigenvalue weighted by Gasteiger charge is -2.12. The summed E-state index contributed by atoms with van der Waals surface area (Å²) in [6, 6.07) is -0.213. The number of hydrogen-bond donors (Lipinski definition) is 3. The normalized spacial score (nSPS) is 12.3. The van der Waals surface area contributed by atoms with Crippen LogP contribution in [0.15, 0.2) is 6.20 Å². The van der Waals surface area contributed by atoms with Crippen molar-refractivity contribution < 1.29 is 14.3 Å². The van der Waals surface area contributed by atoms with Crippen molar-refractivity contribution in [3.63, 3.8) is 0 Å². The summed E-state index contributed by atoms with van der Waals surface area (Å²) in [6.07, 6.45) is 4.55.